The lowest BCUT2D eigenvalue weighted by molar-refractivity contribution is 0.0811. The van der Waals surface area contributed by atoms with Crippen molar-refractivity contribution in [3.8, 4) is 0 Å². The highest BCUT2D eigenvalue weighted by atomic mass is 35.5. The second kappa shape index (κ2) is 4.45. The number of likely N-dealkylation sites (N-methyl/N-ethyl adjacent to an activating group) is 1. The maximum absolute atomic E-state index is 10.4. The SMILES string of the molecule is CN1CCc2c(Cl)ccc3sc(C(C)(C)O)c(c23)C1. The fourth-order valence-electron chi connectivity index (χ4n) is 2.84. The van der Waals surface area contributed by atoms with Crippen LogP contribution in [0.1, 0.15) is 29.9 Å². The van der Waals surface area contributed by atoms with Crippen LogP contribution in [0.25, 0.3) is 10.1 Å². The standard InChI is InChI=1S/C15H18ClNOS/c1-15(2,18)14-10-8-17(3)7-6-9-11(16)4-5-12(19-14)13(9)10/h4-5,18H,6-8H2,1-3H3. The van der Waals surface area contributed by atoms with Crippen molar-refractivity contribution in [2.75, 3.05) is 13.6 Å². The number of hydrogen-bond donors (Lipinski definition) is 1. The van der Waals surface area contributed by atoms with Crippen LogP contribution >= 0.6 is 22.9 Å². The number of halogens is 1. The smallest absolute Gasteiger partial charge is 0.0935 e. The fraction of sp³-hybridized carbons (Fsp3) is 0.467. The molecule has 3 rings (SSSR count). The summed E-state index contributed by atoms with van der Waals surface area (Å²) in [6.07, 6.45) is 0.974. The van der Waals surface area contributed by atoms with E-state index in [-0.39, 0.29) is 0 Å². The Kier molecular flexibility index (Phi) is 3.13. The molecule has 0 fully saturated rings. The summed E-state index contributed by atoms with van der Waals surface area (Å²) in [5.41, 5.74) is 1.70. The van der Waals surface area contributed by atoms with Gasteiger partial charge in [0.05, 0.1) is 5.60 Å². The van der Waals surface area contributed by atoms with Crippen molar-refractivity contribution in [3.05, 3.63) is 33.2 Å². The van der Waals surface area contributed by atoms with Crippen molar-refractivity contribution < 1.29 is 5.11 Å². The molecule has 1 aliphatic heterocycles. The van der Waals surface area contributed by atoms with E-state index in [2.05, 4.69) is 18.0 Å². The zero-order valence-corrected chi connectivity index (χ0v) is 13.0. The van der Waals surface area contributed by atoms with Gasteiger partial charge in [-0.3, -0.25) is 0 Å². The number of aliphatic hydroxyl groups is 1. The van der Waals surface area contributed by atoms with Crippen molar-refractivity contribution >= 4 is 33.0 Å². The minimum Gasteiger partial charge on any atom is -0.385 e. The van der Waals surface area contributed by atoms with Gasteiger partial charge in [-0.25, -0.2) is 0 Å². The van der Waals surface area contributed by atoms with E-state index in [1.807, 2.05) is 19.9 Å². The van der Waals surface area contributed by atoms with Crippen molar-refractivity contribution in [1.29, 1.82) is 0 Å². The molecule has 0 atom stereocenters. The minimum atomic E-state index is -0.798. The molecular weight excluding hydrogens is 278 g/mol. The molecule has 2 heterocycles. The predicted octanol–water partition coefficient (Wildman–Crippen LogP) is 3.77. The average Bonchev–Trinajstić information content (AvgIpc) is 2.57. The summed E-state index contributed by atoms with van der Waals surface area (Å²) in [5, 5.41) is 12.6. The van der Waals surface area contributed by atoms with Crippen molar-refractivity contribution in [1.82, 2.24) is 4.90 Å². The highest BCUT2D eigenvalue weighted by molar-refractivity contribution is 7.19. The van der Waals surface area contributed by atoms with Crippen LogP contribution in [0.2, 0.25) is 5.02 Å². The topological polar surface area (TPSA) is 23.5 Å². The van der Waals surface area contributed by atoms with Gasteiger partial charge in [-0.05, 0) is 50.6 Å². The van der Waals surface area contributed by atoms with Crippen molar-refractivity contribution in [2.24, 2.45) is 0 Å². The van der Waals surface area contributed by atoms with Crippen molar-refractivity contribution in [2.45, 2.75) is 32.4 Å². The number of nitrogens with zero attached hydrogens (tertiary/aromatic N) is 1. The Morgan fingerprint density at radius 3 is 2.74 bits per heavy atom. The number of benzene rings is 1. The molecule has 0 saturated carbocycles. The number of thiophene rings is 1. The van der Waals surface area contributed by atoms with Crippen LogP contribution in [0, 0.1) is 0 Å². The van der Waals surface area contributed by atoms with E-state index in [1.54, 1.807) is 11.3 Å². The molecule has 0 amide bonds. The predicted molar refractivity (Wildman–Crippen MR) is 82.1 cm³/mol. The zero-order chi connectivity index (χ0) is 13.8. The van der Waals surface area contributed by atoms with Crippen LogP contribution in [0.4, 0.5) is 0 Å². The van der Waals surface area contributed by atoms with Crippen LogP contribution in [0.5, 0.6) is 0 Å². The van der Waals surface area contributed by atoms with Crippen LogP contribution in [0.15, 0.2) is 12.1 Å². The molecule has 0 spiro atoms. The summed E-state index contributed by atoms with van der Waals surface area (Å²) in [4.78, 5) is 3.37. The van der Waals surface area contributed by atoms with E-state index in [1.165, 1.54) is 21.2 Å². The van der Waals surface area contributed by atoms with E-state index in [0.717, 1.165) is 29.4 Å². The van der Waals surface area contributed by atoms with Gasteiger partial charge in [0.2, 0.25) is 0 Å². The van der Waals surface area contributed by atoms with Gasteiger partial charge < -0.3 is 10.0 Å². The minimum absolute atomic E-state index is 0.798. The maximum Gasteiger partial charge on any atom is 0.0935 e. The van der Waals surface area contributed by atoms with Gasteiger partial charge >= 0.3 is 0 Å². The molecule has 0 unspecified atom stereocenters. The zero-order valence-electron chi connectivity index (χ0n) is 11.5. The molecule has 0 aliphatic carbocycles. The first-order chi connectivity index (χ1) is 8.88. The third-order valence-corrected chi connectivity index (χ3v) is 5.60. The molecule has 1 aromatic carbocycles. The highest BCUT2D eigenvalue weighted by Gasteiger charge is 2.28. The van der Waals surface area contributed by atoms with Gasteiger partial charge in [-0.2, -0.15) is 0 Å². The average molecular weight is 296 g/mol. The van der Waals surface area contributed by atoms with E-state index < -0.39 is 5.60 Å². The summed E-state index contributed by atoms with van der Waals surface area (Å²) < 4.78 is 1.24. The third kappa shape index (κ3) is 2.19. The second-order valence-electron chi connectivity index (χ2n) is 5.86. The molecule has 4 heteroatoms. The summed E-state index contributed by atoms with van der Waals surface area (Å²) in [6.45, 7) is 5.61. The largest absolute Gasteiger partial charge is 0.385 e. The van der Waals surface area contributed by atoms with Crippen molar-refractivity contribution in [3.63, 3.8) is 0 Å². The molecule has 1 aromatic heterocycles. The lowest BCUT2D eigenvalue weighted by Gasteiger charge is -2.20. The van der Waals surface area contributed by atoms with Gasteiger partial charge in [0, 0.05) is 33.1 Å². The number of hydrogen-bond acceptors (Lipinski definition) is 3. The van der Waals surface area contributed by atoms with Gasteiger partial charge in [0.15, 0.2) is 0 Å². The molecule has 0 radical (unpaired) electrons. The lowest BCUT2D eigenvalue weighted by atomic mass is 9.98. The quantitative estimate of drug-likeness (QED) is 0.866. The molecule has 0 saturated heterocycles. The van der Waals surface area contributed by atoms with Gasteiger partial charge in [0.25, 0.3) is 0 Å². The first-order valence-electron chi connectivity index (χ1n) is 6.52. The first kappa shape index (κ1) is 13.4. The van der Waals surface area contributed by atoms with Crippen LogP contribution < -0.4 is 0 Å². The Morgan fingerprint density at radius 1 is 1.32 bits per heavy atom. The summed E-state index contributed by atoms with van der Waals surface area (Å²) in [6, 6.07) is 4.06. The van der Waals surface area contributed by atoms with Crippen LogP contribution in [-0.4, -0.2) is 23.6 Å². The Bertz CT molecular complexity index is 642. The Balaban J connectivity index is 2.37. The highest BCUT2D eigenvalue weighted by Crippen LogP contribution is 2.43. The third-order valence-electron chi connectivity index (χ3n) is 3.73. The molecular formula is C15H18ClNOS. The second-order valence-corrected chi connectivity index (χ2v) is 7.32. The van der Waals surface area contributed by atoms with E-state index >= 15 is 0 Å². The lowest BCUT2D eigenvalue weighted by Crippen LogP contribution is -2.21. The summed E-state index contributed by atoms with van der Waals surface area (Å²) >= 11 is 8.07. The monoisotopic (exact) mass is 295 g/mol. The maximum atomic E-state index is 10.4. The molecule has 1 N–H and O–H groups in total. The fourth-order valence-corrected chi connectivity index (χ4v) is 4.34. The van der Waals surface area contributed by atoms with E-state index in [0.29, 0.717) is 0 Å². The van der Waals surface area contributed by atoms with E-state index in [9.17, 15) is 5.11 Å². The molecule has 102 valence electrons. The Morgan fingerprint density at radius 2 is 2.05 bits per heavy atom. The van der Waals surface area contributed by atoms with Gasteiger partial charge in [-0.1, -0.05) is 11.6 Å². The summed E-state index contributed by atoms with van der Waals surface area (Å²) in [7, 11) is 2.12. The summed E-state index contributed by atoms with van der Waals surface area (Å²) in [5.74, 6) is 0. The molecule has 19 heavy (non-hydrogen) atoms. The number of rotatable bonds is 1. The molecule has 2 aromatic rings. The van der Waals surface area contributed by atoms with Gasteiger partial charge in [0.1, 0.15) is 0 Å². The van der Waals surface area contributed by atoms with Crippen LogP contribution in [0.3, 0.4) is 0 Å². The van der Waals surface area contributed by atoms with E-state index in [4.69, 9.17) is 11.6 Å². The Labute approximate surface area is 122 Å². The Hall–Kier alpha value is -0.610. The molecule has 1 aliphatic rings. The molecule has 2 nitrogen and oxygen atoms in total. The van der Waals surface area contributed by atoms with Gasteiger partial charge in [-0.15, -0.1) is 11.3 Å². The first-order valence-corrected chi connectivity index (χ1v) is 7.71. The molecule has 0 bridgehead atoms. The normalized spacial score (nSPS) is 16.9. The van der Waals surface area contributed by atoms with Crippen LogP contribution in [-0.2, 0) is 18.6 Å².